The summed E-state index contributed by atoms with van der Waals surface area (Å²) >= 11 is 1.68. The average molecular weight is 406 g/mol. The Hall–Kier alpha value is -2.03. The summed E-state index contributed by atoms with van der Waals surface area (Å²) < 4.78 is 27.8. The van der Waals surface area contributed by atoms with Gasteiger partial charge in [0.1, 0.15) is 22.1 Å². The smallest absolute Gasteiger partial charge is 0.255 e. The number of rotatable bonds is 7. The Bertz CT molecular complexity index is 979. The van der Waals surface area contributed by atoms with Crippen LogP contribution < -0.4 is 9.88 Å². The fourth-order valence-electron chi connectivity index (χ4n) is 2.94. The molecule has 2 aromatic heterocycles. The first kappa shape index (κ1) is 19.7. The third-order valence-corrected chi connectivity index (χ3v) is 7.99. The first-order valence-electron chi connectivity index (χ1n) is 8.98. The molecule has 0 aliphatic rings. The predicted octanol–water partition coefficient (Wildman–Crippen LogP) is 3.34. The standard InChI is InChI=1S/C19H24N4O2S2/c1-5-23(6-2)27(24,25)15-11-12-18(20-13-15)22(4)14(3)19-21-16-9-7-8-10-17(16)26-19/h7-14H,5-6H2,1-4H3/p+1/t14-/m0/s1. The van der Waals surface area contributed by atoms with Crippen LogP contribution in [0.15, 0.2) is 47.5 Å². The first-order chi connectivity index (χ1) is 12.9. The van der Waals surface area contributed by atoms with E-state index in [-0.39, 0.29) is 10.9 Å². The molecule has 8 heteroatoms. The van der Waals surface area contributed by atoms with E-state index in [1.807, 2.05) is 39.1 Å². The Morgan fingerprint density at radius 3 is 2.44 bits per heavy atom. The van der Waals surface area contributed by atoms with E-state index in [1.165, 1.54) is 4.31 Å². The second-order valence-electron chi connectivity index (χ2n) is 6.31. The van der Waals surface area contributed by atoms with Crippen LogP contribution in [0.5, 0.6) is 0 Å². The van der Waals surface area contributed by atoms with Crippen LogP contribution in [0.3, 0.4) is 0 Å². The lowest BCUT2D eigenvalue weighted by Crippen LogP contribution is -2.32. The van der Waals surface area contributed by atoms with E-state index in [2.05, 4.69) is 22.9 Å². The SMILES string of the molecule is CCN(CC)S(=O)(=O)c1ccc(N(C)[C@@H](C)c2nc3ccccc3s2)[nH+]c1. The molecule has 0 saturated heterocycles. The number of fused-ring (bicyclic) bond motifs is 1. The zero-order valence-electron chi connectivity index (χ0n) is 16.0. The summed E-state index contributed by atoms with van der Waals surface area (Å²) in [6, 6.07) is 11.6. The first-order valence-corrected chi connectivity index (χ1v) is 11.2. The average Bonchev–Trinajstić information content (AvgIpc) is 3.12. The minimum Gasteiger partial charge on any atom is -0.255 e. The normalized spacial score (nSPS) is 13.2. The fourth-order valence-corrected chi connectivity index (χ4v) is 5.43. The molecule has 0 radical (unpaired) electrons. The summed E-state index contributed by atoms with van der Waals surface area (Å²) in [4.78, 5) is 10.2. The number of hydrogen-bond donors (Lipinski definition) is 0. The summed E-state index contributed by atoms with van der Waals surface area (Å²) in [6.45, 7) is 6.68. The number of pyridine rings is 1. The molecular formula is C19H25N4O2S2+. The van der Waals surface area contributed by atoms with Gasteiger partial charge in [0, 0.05) is 19.2 Å². The topological polar surface area (TPSA) is 67.7 Å². The summed E-state index contributed by atoms with van der Waals surface area (Å²) in [6.07, 6.45) is 1.56. The molecular weight excluding hydrogens is 380 g/mol. The van der Waals surface area contributed by atoms with Crippen LogP contribution >= 0.6 is 11.3 Å². The highest BCUT2D eigenvalue weighted by Crippen LogP contribution is 2.30. The molecule has 0 aliphatic carbocycles. The Morgan fingerprint density at radius 2 is 1.85 bits per heavy atom. The largest absolute Gasteiger partial charge is 0.274 e. The molecule has 0 fully saturated rings. The van der Waals surface area contributed by atoms with E-state index in [0.29, 0.717) is 13.1 Å². The zero-order chi connectivity index (χ0) is 19.6. The van der Waals surface area contributed by atoms with Crippen molar-refractivity contribution in [3.63, 3.8) is 0 Å². The van der Waals surface area contributed by atoms with Crippen molar-refractivity contribution >= 4 is 37.4 Å². The molecule has 2 heterocycles. The number of nitrogens with one attached hydrogen (secondary N) is 1. The molecule has 0 spiro atoms. The van der Waals surface area contributed by atoms with E-state index >= 15 is 0 Å². The monoisotopic (exact) mass is 405 g/mol. The van der Waals surface area contributed by atoms with Gasteiger partial charge in [0.15, 0.2) is 0 Å². The van der Waals surface area contributed by atoms with Crippen molar-refractivity contribution in [2.75, 3.05) is 25.0 Å². The summed E-state index contributed by atoms with van der Waals surface area (Å²) in [5.41, 5.74) is 1.00. The summed E-state index contributed by atoms with van der Waals surface area (Å²) in [7, 11) is -1.49. The van der Waals surface area contributed by atoms with Crippen molar-refractivity contribution in [1.82, 2.24) is 9.29 Å². The van der Waals surface area contributed by atoms with Gasteiger partial charge in [-0.2, -0.15) is 4.31 Å². The lowest BCUT2D eigenvalue weighted by molar-refractivity contribution is -0.367. The van der Waals surface area contributed by atoms with Gasteiger partial charge in [-0.15, -0.1) is 11.3 Å². The van der Waals surface area contributed by atoms with Crippen LogP contribution in [0.2, 0.25) is 0 Å². The lowest BCUT2D eigenvalue weighted by Gasteiger charge is -2.19. The number of aromatic nitrogens is 2. The van der Waals surface area contributed by atoms with Gasteiger partial charge in [0.25, 0.3) is 5.82 Å². The van der Waals surface area contributed by atoms with Gasteiger partial charge in [-0.05, 0) is 25.1 Å². The number of thiazole rings is 1. The minimum absolute atomic E-state index is 0.0592. The van der Waals surface area contributed by atoms with Gasteiger partial charge < -0.3 is 0 Å². The van der Waals surface area contributed by atoms with Crippen molar-refractivity contribution in [1.29, 1.82) is 0 Å². The molecule has 144 valence electrons. The maximum absolute atomic E-state index is 12.6. The van der Waals surface area contributed by atoms with Crippen LogP contribution in [0, 0.1) is 0 Å². The minimum atomic E-state index is -3.46. The highest BCUT2D eigenvalue weighted by Gasteiger charge is 2.26. The van der Waals surface area contributed by atoms with Gasteiger partial charge >= 0.3 is 0 Å². The van der Waals surface area contributed by atoms with Crippen molar-refractivity contribution in [2.24, 2.45) is 0 Å². The van der Waals surface area contributed by atoms with E-state index in [4.69, 9.17) is 4.98 Å². The number of nitrogens with zero attached hydrogens (tertiary/aromatic N) is 3. The second kappa shape index (κ2) is 7.92. The van der Waals surface area contributed by atoms with E-state index in [1.54, 1.807) is 29.7 Å². The number of sulfonamides is 1. The van der Waals surface area contributed by atoms with Gasteiger partial charge in [-0.1, -0.05) is 26.0 Å². The molecule has 27 heavy (non-hydrogen) atoms. The molecule has 1 aromatic carbocycles. The van der Waals surface area contributed by atoms with Crippen LogP contribution in [0.25, 0.3) is 10.2 Å². The van der Waals surface area contributed by atoms with Gasteiger partial charge in [0.05, 0.1) is 17.3 Å². The molecule has 0 aliphatic heterocycles. The van der Waals surface area contributed by atoms with E-state index in [0.717, 1.165) is 21.0 Å². The number of benzene rings is 1. The number of H-pyrrole nitrogens is 1. The third-order valence-electron chi connectivity index (χ3n) is 4.74. The lowest BCUT2D eigenvalue weighted by atomic mass is 10.3. The van der Waals surface area contributed by atoms with Crippen molar-refractivity contribution in [2.45, 2.75) is 31.7 Å². The van der Waals surface area contributed by atoms with Crippen LogP contribution in [0.4, 0.5) is 5.82 Å². The molecule has 0 amide bonds. The molecule has 3 rings (SSSR count). The number of para-hydroxylation sites is 1. The number of aromatic amines is 1. The molecule has 0 bridgehead atoms. The highest BCUT2D eigenvalue weighted by atomic mass is 32.2. The molecule has 0 unspecified atom stereocenters. The highest BCUT2D eigenvalue weighted by molar-refractivity contribution is 7.89. The van der Waals surface area contributed by atoms with Crippen LogP contribution in [-0.4, -0.2) is 37.8 Å². The maximum Gasteiger partial charge on any atom is 0.274 e. The van der Waals surface area contributed by atoms with Crippen molar-refractivity contribution in [3.05, 3.63) is 47.6 Å². The fraction of sp³-hybridized carbons (Fsp3) is 0.368. The van der Waals surface area contributed by atoms with Gasteiger partial charge in [-0.25, -0.2) is 18.4 Å². The van der Waals surface area contributed by atoms with E-state index in [9.17, 15) is 8.42 Å². The Kier molecular flexibility index (Phi) is 5.78. The Balaban J connectivity index is 1.83. The predicted molar refractivity (Wildman–Crippen MR) is 110 cm³/mol. The van der Waals surface area contributed by atoms with Gasteiger partial charge in [-0.3, -0.25) is 4.90 Å². The molecule has 0 saturated carbocycles. The number of anilines is 1. The van der Waals surface area contributed by atoms with Crippen molar-refractivity contribution < 1.29 is 13.4 Å². The van der Waals surface area contributed by atoms with Gasteiger partial charge in [0.2, 0.25) is 10.0 Å². The molecule has 3 aromatic rings. The quantitative estimate of drug-likeness (QED) is 0.605. The summed E-state index contributed by atoms with van der Waals surface area (Å²) in [5, 5.41) is 1.02. The maximum atomic E-state index is 12.6. The van der Waals surface area contributed by atoms with E-state index < -0.39 is 10.0 Å². The van der Waals surface area contributed by atoms with Crippen LogP contribution in [0.1, 0.15) is 31.8 Å². The number of hydrogen-bond acceptors (Lipinski definition) is 5. The molecule has 1 atom stereocenters. The molecule has 1 N–H and O–H groups in total. The third kappa shape index (κ3) is 3.83. The van der Waals surface area contributed by atoms with Crippen molar-refractivity contribution in [3.8, 4) is 0 Å². The Morgan fingerprint density at radius 1 is 1.15 bits per heavy atom. The Labute approximate surface area is 164 Å². The van der Waals surface area contributed by atoms with Crippen LogP contribution in [-0.2, 0) is 10.0 Å². The molecule has 6 nitrogen and oxygen atoms in total. The second-order valence-corrected chi connectivity index (χ2v) is 9.31. The summed E-state index contributed by atoms with van der Waals surface area (Å²) in [5.74, 6) is 0.834. The zero-order valence-corrected chi connectivity index (χ0v) is 17.6.